The molecule has 0 bridgehead atoms. The number of aliphatic carboxylic acids is 1. The van der Waals surface area contributed by atoms with E-state index in [4.69, 9.17) is 9.84 Å². The second-order valence-corrected chi connectivity index (χ2v) is 3.99. The van der Waals surface area contributed by atoms with Gasteiger partial charge >= 0.3 is 5.97 Å². The summed E-state index contributed by atoms with van der Waals surface area (Å²) in [4.78, 5) is 22.7. The molecule has 0 saturated heterocycles. The number of hydrogen-bond donors (Lipinski definition) is 3. The smallest absolute Gasteiger partial charge is 0.328 e. The Morgan fingerprint density at radius 2 is 1.89 bits per heavy atom. The van der Waals surface area contributed by atoms with Crippen LogP contribution < -0.4 is 10.1 Å². The van der Waals surface area contributed by atoms with Gasteiger partial charge in [0.05, 0.1) is 12.7 Å². The fourth-order valence-electron chi connectivity index (χ4n) is 1.48. The van der Waals surface area contributed by atoms with Gasteiger partial charge in [0.15, 0.2) is 6.04 Å². The molecule has 6 nitrogen and oxygen atoms in total. The molecule has 2 atom stereocenters. The first-order valence-electron chi connectivity index (χ1n) is 5.90. The molecule has 0 heterocycles. The zero-order chi connectivity index (χ0) is 14.4. The number of aliphatic hydroxyl groups excluding tert-OH is 1. The van der Waals surface area contributed by atoms with Crippen molar-refractivity contribution in [1.29, 1.82) is 0 Å². The quantitative estimate of drug-likeness (QED) is 0.703. The van der Waals surface area contributed by atoms with Crippen LogP contribution in [0.5, 0.6) is 5.75 Å². The Bertz CT molecular complexity index is 441. The Morgan fingerprint density at radius 1 is 1.32 bits per heavy atom. The number of carboxylic acid groups (broad SMARTS) is 1. The van der Waals surface area contributed by atoms with Gasteiger partial charge in [-0.15, -0.1) is 0 Å². The number of aliphatic hydroxyl groups is 1. The standard InChI is InChI=1S/C13H17NO5/c1-3-19-10-6-4-9(5-7-10)12(16)14-11(8(2)15)13(17)18/h4-8,11,15H,3H2,1-2H3,(H,14,16)(H,17,18)/t8-,11-/m0/s1. The second kappa shape index (κ2) is 6.75. The SMILES string of the molecule is CCOc1ccc(C(=O)N[C@H](C(=O)O)[C@H](C)O)cc1. The first kappa shape index (κ1) is 15.0. The molecule has 0 unspecified atom stereocenters. The van der Waals surface area contributed by atoms with Gasteiger partial charge in [-0.3, -0.25) is 4.79 Å². The minimum atomic E-state index is -1.33. The van der Waals surface area contributed by atoms with E-state index in [1.807, 2.05) is 6.92 Å². The maximum atomic E-state index is 11.8. The van der Waals surface area contributed by atoms with Crippen molar-refractivity contribution in [3.8, 4) is 5.75 Å². The highest BCUT2D eigenvalue weighted by Gasteiger charge is 2.25. The average molecular weight is 267 g/mol. The summed E-state index contributed by atoms with van der Waals surface area (Å²) >= 11 is 0. The van der Waals surface area contributed by atoms with Gasteiger partial charge in [-0.25, -0.2) is 4.79 Å². The third-order valence-corrected chi connectivity index (χ3v) is 2.46. The van der Waals surface area contributed by atoms with Gasteiger partial charge in [0.25, 0.3) is 5.91 Å². The van der Waals surface area contributed by atoms with Crippen molar-refractivity contribution in [3.05, 3.63) is 29.8 Å². The third-order valence-electron chi connectivity index (χ3n) is 2.46. The molecule has 1 aromatic carbocycles. The van der Waals surface area contributed by atoms with Crippen molar-refractivity contribution >= 4 is 11.9 Å². The average Bonchev–Trinajstić information content (AvgIpc) is 2.36. The van der Waals surface area contributed by atoms with Crippen LogP contribution in [0.3, 0.4) is 0 Å². The minimum Gasteiger partial charge on any atom is -0.494 e. The Kier molecular flexibility index (Phi) is 5.32. The Labute approximate surface area is 111 Å². The molecule has 1 aromatic rings. The van der Waals surface area contributed by atoms with E-state index < -0.39 is 24.0 Å². The zero-order valence-corrected chi connectivity index (χ0v) is 10.8. The molecular weight excluding hydrogens is 250 g/mol. The van der Waals surface area contributed by atoms with Gasteiger partial charge in [-0.1, -0.05) is 0 Å². The van der Waals surface area contributed by atoms with Crippen LogP contribution in [0.1, 0.15) is 24.2 Å². The van der Waals surface area contributed by atoms with E-state index in [2.05, 4.69) is 5.32 Å². The highest BCUT2D eigenvalue weighted by Crippen LogP contribution is 2.12. The predicted molar refractivity (Wildman–Crippen MR) is 68.2 cm³/mol. The van der Waals surface area contributed by atoms with Crippen LogP contribution in [-0.2, 0) is 4.79 Å². The molecule has 104 valence electrons. The van der Waals surface area contributed by atoms with Gasteiger partial charge in [-0.2, -0.15) is 0 Å². The summed E-state index contributed by atoms with van der Waals surface area (Å²) in [5, 5.41) is 20.4. The number of hydrogen-bond acceptors (Lipinski definition) is 4. The van der Waals surface area contributed by atoms with Crippen LogP contribution in [0.2, 0.25) is 0 Å². The van der Waals surface area contributed by atoms with Crippen molar-refractivity contribution < 1.29 is 24.5 Å². The Morgan fingerprint density at radius 3 is 2.32 bits per heavy atom. The lowest BCUT2D eigenvalue weighted by atomic mass is 10.1. The van der Waals surface area contributed by atoms with Crippen LogP contribution in [0.25, 0.3) is 0 Å². The lowest BCUT2D eigenvalue weighted by Crippen LogP contribution is -2.47. The minimum absolute atomic E-state index is 0.301. The monoisotopic (exact) mass is 267 g/mol. The number of rotatable bonds is 6. The summed E-state index contributed by atoms with van der Waals surface area (Å²) < 4.78 is 5.23. The molecular formula is C13H17NO5. The maximum Gasteiger partial charge on any atom is 0.328 e. The van der Waals surface area contributed by atoms with Crippen LogP contribution in [0.15, 0.2) is 24.3 Å². The number of carboxylic acids is 1. The first-order chi connectivity index (χ1) is 8.95. The highest BCUT2D eigenvalue weighted by atomic mass is 16.5. The maximum absolute atomic E-state index is 11.8. The van der Waals surface area contributed by atoms with E-state index >= 15 is 0 Å². The molecule has 0 radical (unpaired) electrons. The fraction of sp³-hybridized carbons (Fsp3) is 0.385. The number of carbonyl (C=O) groups is 2. The molecule has 3 N–H and O–H groups in total. The van der Waals surface area contributed by atoms with E-state index in [9.17, 15) is 14.7 Å². The summed E-state index contributed by atoms with van der Waals surface area (Å²) in [6.07, 6.45) is -1.18. The molecule has 0 aromatic heterocycles. The summed E-state index contributed by atoms with van der Waals surface area (Å²) in [5.41, 5.74) is 0.301. The Balaban J connectivity index is 2.74. The molecule has 19 heavy (non-hydrogen) atoms. The van der Waals surface area contributed by atoms with Crippen molar-refractivity contribution in [2.75, 3.05) is 6.61 Å². The molecule has 0 aliphatic rings. The lowest BCUT2D eigenvalue weighted by molar-refractivity contribution is -0.141. The van der Waals surface area contributed by atoms with E-state index in [1.54, 1.807) is 12.1 Å². The van der Waals surface area contributed by atoms with Crippen LogP contribution in [0, 0.1) is 0 Å². The molecule has 0 fully saturated rings. The molecule has 0 saturated carbocycles. The van der Waals surface area contributed by atoms with Gasteiger partial charge in [0.2, 0.25) is 0 Å². The molecule has 1 rings (SSSR count). The van der Waals surface area contributed by atoms with Crippen LogP contribution >= 0.6 is 0 Å². The molecule has 6 heteroatoms. The summed E-state index contributed by atoms with van der Waals surface area (Å²) in [6, 6.07) is 4.97. The second-order valence-electron chi connectivity index (χ2n) is 3.99. The largest absolute Gasteiger partial charge is 0.494 e. The molecule has 0 spiro atoms. The van der Waals surface area contributed by atoms with Crippen molar-refractivity contribution in [2.45, 2.75) is 26.0 Å². The van der Waals surface area contributed by atoms with E-state index in [0.717, 1.165) is 0 Å². The van der Waals surface area contributed by atoms with Crippen molar-refractivity contribution in [3.63, 3.8) is 0 Å². The third kappa shape index (κ3) is 4.26. The normalized spacial score (nSPS) is 13.4. The van der Waals surface area contributed by atoms with Gasteiger partial charge in [0, 0.05) is 5.56 Å². The van der Waals surface area contributed by atoms with Crippen molar-refractivity contribution in [2.24, 2.45) is 0 Å². The van der Waals surface area contributed by atoms with E-state index in [-0.39, 0.29) is 0 Å². The zero-order valence-electron chi connectivity index (χ0n) is 10.8. The number of benzene rings is 1. The Hall–Kier alpha value is -2.08. The lowest BCUT2D eigenvalue weighted by Gasteiger charge is -2.17. The first-order valence-corrected chi connectivity index (χ1v) is 5.90. The molecule has 0 aliphatic heterocycles. The summed E-state index contributed by atoms with van der Waals surface area (Å²) in [5.74, 6) is -1.21. The summed E-state index contributed by atoms with van der Waals surface area (Å²) in [7, 11) is 0. The number of nitrogens with one attached hydrogen (secondary N) is 1. The molecule has 0 aliphatic carbocycles. The number of ether oxygens (including phenoxy) is 1. The van der Waals surface area contributed by atoms with Crippen LogP contribution in [-0.4, -0.2) is 40.8 Å². The topological polar surface area (TPSA) is 95.9 Å². The van der Waals surface area contributed by atoms with Crippen molar-refractivity contribution in [1.82, 2.24) is 5.32 Å². The van der Waals surface area contributed by atoms with Gasteiger partial charge < -0.3 is 20.3 Å². The number of carbonyl (C=O) groups excluding carboxylic acids is 1. The van der Waals surface area contributed by atoms with Gasteiger partial charge in [-0.05, 0) is 38.1 Å². The summed E-state index contributed by atoms with van der Waals surface area (Å²) in [6.45, 7) is 3.67. The van der Waals surface area contributed by atoms with E-state index in [0.29, 0.717) is 17.9 Å². The number of amides is 1. The van der Waals surface area contributed by atoms with E-state index in [1.165, 1.54) is 19.1 Å². The van der Waals surface area contributed by atoms with Crippen LogP contribution in [0.4, 0.5) is 0 Å². The van der Waals surface area contributed by atoms with Gasteiger partial charge in [0.1, 0.15) is 5.75 Å². The highest BCUT2D eigenvalue weighted by molar-refractivity contribution is 5.96. The fourth-order valence-corrected chi connectivity index (χ4v) is 1.48. The molecule has 1 amide bonds. The predicted octanol–water partition coefficient (Wildman–Crippen LogP) is 0.649.